The van der Waals surface area contributed by atoms with Gasteiger partial charge in [-0.25, -0.2) is 5.84 Å². The van der Waals surface area contributed by atoms with E-state index in [-0.39, 0.29) is 5.41 Å². The third-order valence-electron chi connectivity index (χ3n) is 1.62. The number of rotatable bonds is 0. The van der Waals surface area contributed by atoms with Crippen LogP contribution in [0.4, 0.5) is 0 Å². The molecule has 2 N–H and O–H groups in total. The van der Waals surface area contributed by atoms with Gasteiger partial charge in [0.2, 0.25) is 0 Å². The molecule has 0 saturated carbocycles. The monoisotopic (exact) mass is 142 g/mol. The Labute approximate surface area is 61.4 Å². The SMILES string of the molecule is CC(C)(C)C1=CON(N)C1. The highest BCUT2D eigenvalue weighted by atomic mass is 16.7. The average Bonchev–Trinajstić information content (AvgIpc) is 2.11. The number of hydroxylamine groups is 1. The molecule has 0 bridgehead atoms. The zero-order valence-corrected chi connectivity index (χ0v) is 6.72. The van der Waals surface area contributed by atoms with Crippen molar-refractivity contribution in [1.82, 2.24) is 5.17 Å². The number of hydrogen-bond donors (Lipinski definition) is 1. The first-order chi connectivity index (χ1) is 4.50. The minimum Gasteiger partial charge on any atom is -0.399 e. The molecule has 10 heavy (non-hydrogen) atoms. The summed E-state index contributed by atoms with van der Waals surface area (Å²) in [6.07, 6.45) is 1.72. The minimum absolute atomic E-state index is 0.175. The summed E-state index contributed by atoms with van der Waals surface area (Å²) in [5.74, 6) is 5.38. The lowest BCUT2D eigenvalue weighted by molar-refractivity contribution is -0.0778. The highest BCUT2D eigenvalue weighted by molar-refractivity contribution is 5.11. The summed E-state index contributed by atoms with van der Waals surface area (Å²) in [5, 5.41) is 1.33. The smallest absolute Gasteiger partial charge is 0.114 e. The molecule has 0 aromatic heterocycles. The third kappa shape index (κ3) is 1.49. The Morgan fingerprint density at radius 2 is 2.20 bits per heavy atom. The Balaban J connectivity index is 2.60. The summed E-state index contributed by atoms with van der Waals surface area (Å²) in [6.45, 7) is 7.13. The van der Waals surface area contributed by atoms with Gasteiger partial charge in [0.15, 0.2) is 0 Å². The molecule has 0 aromatic rings. The number of nitrogens with zero attached hydrogens (tertiary/aromatic N) is 1. The summed E-state index contributed by atoms with van der Waals surface area (Å²) >= 11 is 0. The zero-order chi connectivity index (χ0) is 7.78. The van der Waals surface area contributed by atoms with Crippen molar-refractivity contribution in [2.24, 2.45) is 11.3 Å². The van der Waals surface area contributed by atoms with E-state index in [1.165, 1.54) is 10.7 Å². The second-order valence-electron chi connectivity index (χ2n) is 3.57. The molecule has 1 heterocycles. The lowest BCUT2D eigenvalue weighted by Crippen LogP contribution is -2.28. The number of hydrazine groups is 1. The van der Waals surface area contributed by atoms with Crippen LogP contribution in [0.2, 0.25) is 0 Å². The summed E-state index contributed by atoms with van der Waals surface area (Å²) in [5.41, 5.74) is 1.41. The van der Waals surface area contributed by atoms with Crippen LogP contribution in [0.15, 0.2) is 11.8 Å². The first-order valence-electron chi connectivity index (χ1n) is 3.38. The molecule has 58 valence electrons. The molecular formula is C7H14N2O. The summed E-state index contributed by atoms with van der Waals surface area (Å²) < 4.78 is 0. The van der Waals surface area contributed by atoms with E-state index in [4.69, 9.17) is 10.7 Å². The van der Waals surface area contributed by atoms with Crippen molar-refractivity contribution >= 4 is 0 Å². The fraction of sp³-hybridized carbons (Fsp3) is 0.714. The van der Waals surface area contributed by atoms with Crippen molar-refractivity contribution in [1.29, 1.82) is 0 Å². The van der Waals surface area contributed by atoms with Gasteiger partial charge < -0.3 is 4.84 Å². The molecule has 1 aliphatic rings. The minimum atomic E-state index is 0.175. The Kier molecular flexibility index (Phi) is 1.70. The van der Waals surface area contributed by atoms with Gasteiger partial charge in [-0.05, 0) is 11.0 Å². The van der Waals surface area contributed by atoms with E-state index >= 15 is 0 Å². The lowest BCUT2D eigenvalue weighted by atomic mass is 9.88. The van der Waals surface area contributed by atoms with E-state index < -0.39 is 0 Å². The van der Waals surface area contributed by atoms with E-state index in [0.717, 1.165) is 0 Å². The Bertz CT molecular complexity index is 157. The topological polar surface area (TPSA) is 38.5 Å². The van der Waals surface area contributed by atoms with Gasteiger partial charge in [0.1, 0.15) is 6.26 Å². The molecule has 3 heteroatoms. The largest absolute Gasteiger partial charge is 0.399 e. The lowest BCUT2D eigenvalue weighted by Gasteiger charge is -2.18. The molecule has 0 radical (unpaired) electrons. The van der Waals surface area contributed by atoms with Crippen molar-refractivity contribution in [2.45, 2.75) is 20.8 Å². The quantitative estimate of drug-likeness (QED) is 0.513. The highest BCUT2D eigenvalue weighted by Crippen LogP contribution is 2.28. The van der Waals surface area contributed by atoms with Crippen LogP contribution in [0.3, 0.4) is 0 Å². The molecule has 0 fully saturated rings. The molecule has 0 aliphatic carbocycles. The first kappa shape index (κ1) is 7.57. The predicted molar refractivity (Wildman–Crippen MR) is 39.5 cm³/mol. The molecule has 1 rings (SSSR count). The average molecular weight is 142 g/mol. The van der Waals surface area contributed by atoms with Gasteiger partial charge in [-0.15, -0.1) is 0 Å². The molecular weight excluding hydrogens is 128 g/mol. The number of hydrogen-bond acceptors (Lipinski definition) is 3. The maximum absolute atomic E-state index is 5.38. The zero-order valence-electron chi connectivity index (χ0n) is 6.72. The maximum atomic E-state index is 5.38. The molecule has 0 spiro atoms. The van der Waals surface area contributed by atoms with Gasteiger partial charge in [0.05, 0.1) is 6.54 Å². The standard InChI is InChI=1S/C7H14N2O/c1-7(2,3)6-4-9(8)10-5-6/h5H,4,8H2,1-3H3. The predicted octanol–water partition coefficient (Wildman–Crippen LogP) is 1.04. The van der Waals surface area contributed by atoms with E-state index in [0.29, 0.717) is 6.54 Å². The molecule has 0 saturated heterocycles. The summed E-state index contributed by atoms with van der Waals surface area (Å²) in [7, 11) is 0. The van der Waals surface area contributed by atoms with E-state index in [9.17, 15) is 0 Å². The molecule has 0 amide bonds. The van der Waals surface area contributed by atoms with Crippen molar-refractivity contribution in [3.63, 3.8) is 0 Å². The fourth-order valence-electron chi connectivity index (χ4n) is 0.788. The van der Waals surface area contributed by atoms with Crippen LogP contribution in [0.1, 0.15) is 20.8 Å². The Morgan fingerprint density at radius 3 is 2.40 bits per heavy atom. The van der Waals surface area contributed by atoms with Crippen LogP contribution in [0, 0.1) is 5.41 Å². The van der Waals surface area contributed by atoms with Crippen LogP contribution in [-0.2, 0) is 4.84 Å². The van der Waals surface area contributed by atoms with Crippen LogP contribution >= 0.6 is 0 Å². The molecule has 1 aliphatic heterocycles. The van der Waals surface area contributed by atoms with E-state index in [1.807, 2.05) is 0 Å². The Hall–Kier alpha value is -0.540. The fourth-order valence-corrected chi connectivity index (χ4v) is 0.788. The van der Waals surface area contributed by atoms with Crippen molar-refractivity contribution in [2.75, 3.05) is 6.54 Å². The maximum Gasteiger partial charge on any atom is 0.114 e. The Morgan fingerprint density at radius 1 is 1.60 bits per heavy atom. The van der Waals surface area contributed by atoms with Crippen molar-refractivity contribution in [3.8, 4) is 0 Å². The molecule has 0 unspecified atom stereocenters. The van der Waals surface area contributed by atoms with Crippen LogP contribution in [0.5, 0.6) is 0 Å². The molecule has 0 aromatic carbocycles. The highest BCUT2D eigenvalue weighted by Gasteiger charge is 2.23. The van der Waals surface area contributed by atoms with Crippen molar-refractivity contribution in [3.05, 3.63) is 11.8 Å². The summed E-state index contributed by atoms with van der Waals surface area (Å²) in [6, 6.07) is 0. The van der Waals surface area contributed by atoms with Gasteiger partial charge in [0, 0.05) is 0 Å². The van der Waals surface area contributed by atoms with Crippen molar-refractivity contribution < 1.29 is 4.84 Å². The second-order valence-corrected chi connectivity index (χ2v) is 3.57. The van der Waals surface area contributed by atoms with Crippen LogP contribution in [-0.4, -0.2) is 11.7 Å². The van der Waals surface area contributed by atoms with Crippen LogP contribution in [0.25, 0.3) is 0 Å². The second kappa shape index (κ2) is 2.25. The van der Waals surface area contributed by atoms with Gasteiger partial charge in [-0.1, -0.05) is 25.9 Å². The first-order valence-corrected chi connectivity index (χ1v) is 3.38. The van der Waals surface area contributed by atoms with E-state index in [1.54, 1.807) is 6.26 Å². The van der Waals surface area contributed by atoms with E-state index in [2.05, 4.69) is 20.8 Å². The normalized spacial score (nSPS) is 20.6. The summed E-state index contributed by atoms with van der Waals surface area (Å²) in [4.78, 5) is 4.94. The molecule has 0 atom stereocenters. The van der Waals surface area contributed by atoms with Gasteiger partial charge in [-0.3, -0.25) is 0 Å². The van der Waals surface area contributed by atoms with Gasteiger partial charge in [0.25, 0.3) is 0 Å². The number of nitrogens with two attached hydrogens (primary N) is 1. The third-order valence-corrected chi connectivity index (χ3v) is 1.62. The van der Waals surface area contributed by atoms with Gasteiger partial charge in [-0.2, -0.15) is 0 Å². The van der Waals surface area contributed by atoms with Crippen LogP contribution < -0.4 is 5.84 Å². The van der Waals surface area contributed by atoms with Gasteiger partial charge >= 0.3 is 0 Å². The molecule has 3 nitrogen and oxygen atoms in total.